The number of fused-ring (bicyclic) bond motifs is 1. The summed E-state index contributed by atoms with van der Waals surface area (Å²) in [7, 11) is 0. The summed E-state index contributed by atoms with van der Waals surface area (Å²) in [6.07, 6.45) is -3.19. The minimum absolute atomic E-state index is 0.151. The molecular weight excluding hydrogens is 207 g/mol. The molecule has 1 N–H and O–H groups in total. The van der Waals surface area contributed by atoms with Crippen molar-refractivity contribution in [3.8, 4) is 5.75 Å². The van der Waals surface area contributed by atoms with E-state index in [1.807, 2.05) is 0 Å². The van der Waals surface area contributed by atoms with Crippen molar-refractivity contribution in [1.82, 2.24) is 4.98 Å². The van der Waals surface area contributed by atoms with Crippen LogP contribution >= 0.6 is 0 Å². The highest BCUT2D eigenvalue weighted by atomic mass is 19.4. The van der Waals surface area contributed by atoms with Crippen LogP contribution in [-0.4, -0.2) is 10.1 Å². The second-order valence-electron chi connectivity index (χ2n) is 3.10. The molecule has 0 amide bonds. The van der Waals surface area contributed by atoms with Gasteiger partial charge in [0.25, 0.3) is 0 Å². The van der Waals surface area contributed by atoms with Crippen molar-refractivity contribution < 1.29 is 18.3 Å². The van der Waals surface area contributed by atoms with Crippen LogP contribution in [0.3, 0.4) is 0 Å². The van der Waals surface area contributed by atoms with Gasteiger partial charge in [-0.3, -0.25) is 4.98 Å². The van der Waals surface area contributed by atoms with Crippen LogP contribution in [-0.2, 0) is 6.18 Å². The van der Waals surface area contributed by atoms with E-state index in [2.05, 4.69) is 4.98 Å². The smallest absolute Gasteiger partial charge is 0.416 e. The standard InChI is InChI=1S/C10H6F3NO/c11-10(12,13)7-1-2-9-6(3-7)4-8(15)5-14-9/h1-5,15H. The third kappa shape index (κ3) is 1.86. The van der Waals surface area contributed by atoms with Crippen molar-refractivity contribution in [2.24, 2.45) is 0 Å². The van der Waals surface area contributed by atoms with Gasteiger partial charge in [0.1, 0.15) is 5.75 Å². The Hall–Kier alpha value is -1.78. The Balaban J connectivity index is 2.64. The first kappa shape index (κ1) is 9.76. The molecule has 2 nitrogen and oxygen atoms in total. The van der Waals surface area contributed by atoms with Gasteiger partial charge in [-0.25, -0.2) is 0 Å². The fraction of sp³-hybridized carbons (Fsp3) is 0.100. The van der Waals surface area contributed by atoms with E-state index in [0.29, 0.717) is 5.52 Å². The van der Waals surface area contributed by atoms with Crippen LogP contribution in [0, 0.1) is 0 Å². The lowest BCUT2D eigenvalue weighted by Crippen LogP contribution is -2.04. The van der Waals surface area contributed by atoms with Crippen LogP contribution in [0.4, 0.5) is 13.2 Å². The van der Waals surface area contributed by atoms with E-state index >= 15 is 0 Å². The van der Waals surface area contributed by atoms with E-state index in [1.54, 1.807) is 0 Å². The molecule has 2 aromatic rings. The molecule has 0 aliphatic rings. The molecule has 0 unspecified atom stereocenters. The van der Waals surface area contributed by atoms with Crippen molar-refractivity contribution in [1.29, 1.82) is 0 Å². The highest BCUT2D eigenvalue weighted by Gasteiger charge is 2.30. The zero-order chi connectivity index (χ0) is 11.1. The fourth-order valence-electron chi connectivity index (χ4n) is 1.30. The van der Waals surface area contributed by atoms with Crippen LogP contribution in [0.5, 0.6) is 5.75 Å². The quantitative estimate of drug-likeness (QED) is 0.729. The zero-order valence-electron chi connectivity index (χ0n) is 7.42. The third-order valence-corrected chi connectivity index (χ3v) is 1.99. The van der Waals surface area contributed by atoms with E-state index in [9.17, 15) is 13.2 Å². The Bertz CT molecular complexity index is 507. The lowest BCUT2D eigenvalue weighted by Gasteiger charge is -2.07. The Labute approximate surface area is 83.0 Å². The molecule has 0 saturated carbocycles. The van der Waals surface area contributed by atoms with Gasteiger partial charge in [-0.2, -0.15) is 13.2 Å². The van der Waals surface area contributed by atoms with E-state index < -0.39 is 11.7 Å². The van der Waals surface area contributed by atoms with Gasteiger partial charge >= 0.3 is 6.18 Å². The molecule has 0 atom stereocenters. The predicted molar refractivity (Wildman–Crippen MR) is 48.4 cm³/mol. The molecule has 0 fully saturated rings. The topological polar surface area (TPSA) is 33.1 Å². The van der Waals surface area contributed by atoms with Gasteiger partial charge in [0.05, 0.1) is 17.3 Å². The molecule has 0 aliphatic heterocycles. The molecule has 1 heterocycles. The van der Waals surface area contributed by atoms with Crippen molar-refractivity contribution in [3.05, 3.63) is 36.0 Å². The highest BCUT2D eigenvalue weighted by molar-refractivity contribution is 5.80. The number of alkyl halides is 3. The maximum atomic E-state index is 12.3. The maximum Gasteiger partial charge on any atom is 0.416 e. The van der Waals surface area contributed by atoms with Crippen molar-refractivity contribution >= 4 is 10.9 Å². The van der Waals surface area contributed by atoms with Gasteiger partial charge in [-0.15, -0.1) is 0 Å². The Morgan fingerprint density at radius 1 is 1.13 bits per heavy atom. The van der Waals surface area contributed by atoms with E-state index in [4.69, 9.17) is 5.11 Å². The van der Waals surface area contributed by atoms with Gasteiger partial charge in [0.15, 0.2) is 0 Å². The number of benzene rings is 1. The number of hydrogen-bond acceptors (Lipinski definition) is 2. The van der Waals surface area contributed by atoms with Crippen LogP contribution in [0.15, 0.2) is 30.5 Å². The Kier molecular flexibility index (Phi) is 2.03. The number of aromatic hydroxyl groups is 1. The van der Waals surface area contributed by atoms with Crippen molar-refractivity contribution in [2.45, 2.75) is 6.18 Å². The summed E-state index contributed by atoms with van der Waals surface area (Å²) in [6, 6.07) is 4.45. The normalized spacial score (nSPS) is 11.9. The predicted octanol–water partition coefficient (Wildman–Crippen LogP) is 2.96. The minimum atomic E-state index is -4.38. The second-order valence-corrected chi connectivity index (χ2v) is 3.10. The van der Waals surface area contributed by atoms with Crippen LogP contribution < -0.4 is 0 Å². The van der Waals surface area contributed by atoms with Gasteiger partial charge < -0.3 is 5.11 Å². The highest BCUT2D eigenvalue weighted by Crippen LogP contribution is 2.31. The number of halogens is 3. The summed E-state index contributed by atoms with van der Waals surface area (Å²) in [5, 5.41) is 9.35. The van der Waals surface area contributed by atoms with Crippen LogP contribution in [0.25, 0.3) is 10.9 Å². The summed E-state index contributed by atoms with van der Waals surface area (Å²) in [6.45, 7) is 0. The SMILES string of the molecule is Oc1cnc2ccc(C(F)(F)F)cc2c1. The van der Waals surface area contributed by atoms with Crippen molar-refractivity contribution in [3.63, 3.8) is 0 Å². The van der Waals surface area contributed by atoms with E-state index in [1.165, 1.54) is 18.3 Å². The fourth-order valence-corrected chi connectivity index (χ4v) is 1.30. The molecule has 15 heavy (non-hydrogen) atoms. The van der Waals surface area contributed by atoms with Gasteiger partial charge in [-0.1, -0.05) is 0 Å². The first-order chi connectivity index (χ1) is 6.97. The second kappa shape index (κ2) is 3.12. The summed E-state index contributed by atoms with van der Waals surface area (Å²) >= 11 is 0. The Morgan fingerprint density at radius 2 is 1.87 bits per heavy atom. The lowest BCUT2D eigenvalue weighted by molar-refractivity contribution is -0.137. The monoisotopic (exact) mass is 213 g/mol. The molecule has 5 heteroatoms. The van der Waals surface area contributed by atoms with Gasteiger partial charge in [-0.05, 0) is 24.3 Å². The first-order valence-corrected chi connectivity index (χ1v) is 4.13. The number of nitrogens with zero attached hydrogens (tertiary/aromatic N) is 1. The van der Waals surface area contributed by atoms with Crippen molar-refractivity contribution in [2.75, 3.05) is 0 Å². The summed E-state index contributed by atoms with van der Waals surface area (Å²) < 4.78 is 37.0. The van der Waals surface area contributed by atoms with E-state index in [0.717, 1.165) is 12.1 Å². The average Bonchev–Trinajstić information content (AvgIpc) is 2.15. The molecule has 1 aromatic heterocycles. The molecule has 2 rings (SSSR count). The van der Waals surface area contributed by atoms with Gasteiger partial charge in [0.2, 0.25) is 0 Å². The number of hydrogen-bond donors (Lipinski definition) is 1. The number of pyridine rings is 1. The molecule has 0 radical (unpaired) electrons. The first-order valence-electron chi connectivity index (χ1n) is 4.13. The molecule has 0 spiro atoms. The summed E-state index contributed by atoms with van der Waals surface area (Å²) in [4.78, 5) is 3.79. The lowest BCUT2D eigenvalue weighted by atomic mass is 10.1. The zero-order valence-corrected chi connectivity index (χ0v) is 7.42. The Morgan fingerprint density at radius 3 is 2.53 bits per heavy atom. The molecular formula is C10H6F3NO. The average molecular weight is 213 g/mol. The summed E-state index contributed by atoms with van der Waals surface area (Å²) in [5.41, 5.74) is -0.330. The molecule has 0 saturated heterocycles. The number of rotatable bonds is 0. The van der Waals surface area contributed by atoms with E-state index in [-0.39, 0.29) is 11.1 Å². The maximum absolute atomic E-state index is 12.3. The number of aromatic nitrogens is 1. The minimum Gasteiger partial charge on any atom is -0.506 e. The summed E-state index contributed by atoms with van der Waals surface area (Å²) in [5.74, 6) is -0.151. The molecule has 1 aromatic carbocycles. The molecule has 0 aliphatic carbocycles. The molecule has 78 valence electrons. The van der Waals surface area contributed by atoms with Crippen LogP contribution in [0.2, 0.25) is 0 Å². The molecule has 0 bridgehead atoms. The van der Waals surface area contributed by atoms with Crippen LogP contribution in [0.1, 0.15) is 5.56 Å². The van der Waals surface area contributed by atoms with Gasteiger partial charge in [0, 0.05) is 5.39 Å². The third-order valence-electron chi connectivity index (χ3n) is 1.99. The largest absolute Gasteiger partial charge is 0.506 e.